The zero-order valence-electron chi connectivity index (χ0n) is 12.3. The topological polar surface area (TPSA) is 98.5 Å². The molecule has 0 fully saturated rings. The first kappa shape index (κ1) is 17.4. The molecule has 0 aliphatic rings. The molecule has 0 saturated carbocycles. The Morgan fingerprint density at radius 3 is 2.57 bits per heavy atom. The van der Waals surface area contributed by atoms with Gasteiger partial charge in [-0.15, -0.1) is 0 Å². The zero-order chi connectivity index (χ0) is 16.0. The first-order chi connectivity index (χ1) is 9.69. The average molecular weight is 316 g/mol. The molecule has 0 bridgehead atoms. The molecule has 1 N–H and O–H groups in total. The van der Waals surface area contributed by atoms with Gasteiger partial charge in [0.05, 0.1) is 10.7 Å². The molecule has 118 valence electrons. The van der Waals surface area contributed by atoms with Crippen molar-refractivity contribution < 1.29 is 18.1 Å². The molecule has 0 spiro atoms. The van der Waals surface area contributed by atoms with Gasteiger partial charge in [0.25, 0.3) is 0 Å². The van der Waals surface area contributed by atoms with Crippen LogP contribution in [0.3, 0.4) is 0 Å². The van der Waals surface area contributed by atoms with Gasteiger partial charge in [-0.25, -0.2) is 8.42 Å². The molecule has 7 nitrogen and oxygen atoms in total. The third-order valence-electron chi connectivity index (χ3n) is 2.65. The minimum atomic E-state index is -3.17. The summed E-state index contributed by atoms with van der Waals surface area (Å²) in [5.41, 5.74) is 0.667. The summed E-state index contributed by atoms with van der Waals surface area (Å²) in [6.45, 7) is 4.43. The van der Waals surface area contributed by atoms with Crippen molar-refractivity contribution >= 4 is 15.5 Å². The second-order valence-electron chi connectivity index (χ2n) is 5.07. The minimum absolute atomic E-state index is 0.0895. The second-order valence-corrected chi connectivity index (χ2v) is 7.33. The van der Waals surface area contributed by atoms with Gasteiger partial charge in [-0.2, -0.15) is 0 Å². The molecule has 0 atom stereocenters. The Hall–Kier alpha value is -1.67. The maximum absolute atomic E-state index is 11.1. The highest BCUT2D eigenvalue weighted by Gasteiger charge is 2.16. The number of nitro groups is 1. The van der Waals surface area contributed by atoms with Crippen molar-refractivity contribution in [3.05, 3.63) is 33.9 Å². The number of nitro benzene ring substituents is 1. The van der Waals surface area contributed by atoms with Crippen LogP contribution >= 0.6 is 0 Å². The maximum Gasteiger partial charge on any atom is 0.310 e. The standard InChI is InChI=1S/C13H20N2O5S/c1-10(2)14-9-11-4-5-12(15(16)17)13(8-11)20-6-7-21(3,18)19/h4-5,8,10,14H,6-7,9H2,1-3H3. The summed E-state index contributed by atoms with van der Waals surface area (Å²) in [7, 11) is -3.17. The molecular formula is C13H20N2O5S. The van der Waals surface area contributed by atoms with Crippen molar-refractivity contribution in [1.29, 1.82) is 0 Å². The van der Waals surface area contributed by atoms with Crippen LogP contribution in [0.1, 0.15) is 19.4 Å². The molecule has 0 saturated heterocycles. The lowest BCUT2D eigenvalue weighted by atomic mass is 10.2. The Morgan fingerprint density at radius 2 is 2.05 bits per heavy atom. The van der Waals surface area contributed by atoms with Crippen molar-refractivity contribution in [2.75, 3.05) is 18.6 Å². The van der Waals surface area contributed by atoms with Gasteiger partial charge in [0.15, 0.2) is 15.6 Å². The van der Waals surface area contributed by atoms with E-state index in [4.69, 9.17) is 4.74 Å². The molecule has 21 heavy (non-hydrogen) atoms. The normalized spacial score (nSPS) is 11.6. The fourth-order valence-electron chi connectivity index (χ4n) is 1.56. The summed E-state index contributed by atoms with van der Waals surface area (Å²) < 4.78 is 27.4. The molecule has 0 unspecified atom stereocenters. The zero-order valence-corrected chi connectivity index (χ0v) is 13.1. The molecule has 0 aliphatic carbocycles. The molecule has 0 aromatic heterocycles. The molecule has 8 heteroatoms. The van der Waals surface area contributed by atoms with Gasteiger partial charge in [0.2, 0.25) is 0 Å². The number of nitrogens with zero attached hydrogens (tertiary/aromatic N) is 1. The van der Waals surface area contributed by atoms with E-state index < -0.39 is 14.8 Å². The van der Waals surface area contributed by atoms with Crippen LogP contribution in [0.5, 0.6) is 5.75 Å². The van der Waals surface area contributed by atoms with Crippen molar-refractivity contribution in [3.63, 3.8) is 0 Å². The number of sulfone groups is 1. The Morgan fingerprint density at radius 1 is 1.38 bits per heavy atom. The summed E-state index contributed by atoms with van der Waals surface area (Å²) in [5.74, 6) is -0.0924. The Bertz CT molecular complexity index is 599. The van der Waals surface area contributed by atoms with Crippen LogP contribution < -0.4 is 10.1 Å². The Labute approximate surface area is 124 Å². The van der Waals surface area contributed by atoms with Gasteiger partial charge >= 0.3 is 5.69 Å². The van der Waals surface area contributed by atoms with Gasteiger partial charge in [-0.05, 0) is 11.6 Å². The Kier molecular flexibility index (Phi) is 6.10. The van der Waals surface area contributed by atoms with E-state index in [-0.39, 0.29) is 29.8 Å². The van der Waals surface area contributed by atoms with Gasteiger partial charge in [0, 0.05) is 24.9 Å². The summed E-state index contributed by atoms with van der Waals surface area (Å²) in [6.07, 6.45) is 1.09. The number of ether oxygens (including phenoxy) is 1. The van der Waals surface area contributed by atoms with E-state index in [1.165, 1.54) is 6.07 Å². The number of benzene rings is 1. The highest BCUT2D eigenvalue weighted by atomic mass is 32.2. The van der Waals surface area contributed by atoms with E-state index in [9.17, 15) is 18.5 Å². The van der Waals surface area contributed by atoms with Crippen LogP contribution in [0.2, 0.25) is 0 Å². The SMILES string of the molecule is CC(C)NCc1ccc([N+](=O)[O-])c(OCCS(C)(=O)=O)c1. The molecule has 1 aromatic carbocycles. The number of hydrogen-bond acceptors (Lipinski definition) is 6. The highest BCUT2D eigenvalue weighted by molar-refractivity contribution is 7.90. The van der Waals surface area contributed by atoms with Crippen LogP contribution in [0.4, 0.5) is 5.69 Å². The summed E-state index contributed by atoms with van der Waals surface area (Å²) in [5, 5.41) is 14.1. The maximum atomic E-state index is 11.1. The smallest absolute Gasteiger partial charge is 0.310 e. The van der Waals surface area contributed by atoms with E-state index in [0.29, 0.717) is 6.54 Å². The first-order valence-corrected chi connectivity index (χ1v) is 8.56. The summed E-state index contributed by atoms with van der Waals surface area (Å²) >= 11 is 0. The monoisotopic (exact) mass is 316 g/mol. The fraction of sp³-hybridized carbons (Fsp3) is 0.538. The number of rotatable bonds is 8. The molecule has 1 rings (SSSR count). The van der Waals surface area contributed by atoms with Gasteiger partial charge in [-0.1, -0.05) is 19.9 Å². The quantitative estimate of drug-likeness (QED) is 0.576. The molecule has 0 amide bonds. The predicted octanol–water partition coefficient (Wildman–Crippen LogP) is 1.52. The molecule has 0 radical (unpaired) electrons. The summed E-state index contributed by atoms with van der Waals surface area (Å²) in [4.78, 5) is 10.4. The Balaban J connectivity index is 2.85. The highest BCUT2D eigenvalue weighted by Crippen LogP contribution is 2.28. The van der Waals surface area contributed by atoms with Crippen molar-refractivity contribution in [2.45, 2.75) is 26.4 Å². The molecule has 0 aliphatic heterocycles. The van der Waals surface area contributed by atoms with Crippen molar-refractivity contribution in [3.8, 4) is 5.75 Å². The molecular weight excluding hydrogens is 296 g/mol. The largest absolute Gasteiger partial charge is 0.486 e. The third kappa shape index (κ3) is 6.54. The van der Waals surface area contributed by atoms with Gasteiger partial charge < -0.3 is 10.1 Å². The summed E-state index contributed by atoms with van der Waals surface area (Å²) in [6, 6.07) is 4.87. The average Bonchev–Trinajstić information content (AvgIpc) is 2.34. The lowest BCUT2D eigenvalue weighted by molar-refractivity contribution is -0.385. The van der Waals surface area contributed by atoms with E-state index in [1.807, 2.05) is 13.8 Å². The van der Waals surface area contributed by atoms with Crippen LogP contribution in [0, 0.1) is 10.1 Å². The van der Waals surface area contributed by atoms with Crippen molar-refractivity contribution in [2.24, 2.45) is 0 Å². The van der Waals surface area contributed by atoms with Crippen LogP contribution in [0.25, 0.3) is 0 Å². The second kappa shape index (κ2) is 7.37. The van der Waals surface area contributed by atoms with E-state index in [1.54, 1.807) is 12.1 Å². The fourth-order valence-corrected chi connectivity index (χ4v) is 1.95. The van der Waals surface area contributed by atoms with E-state index >= 15 is 0 Å². The number of hydrogen-bond donors (Lipinski definition) is 1. The van der Waals surface area contributed by atoms with Crippen LogP contribution in [-0.2, 0) is 16.4 Å². The molecule has 0 heterocycles. The van der Waals surface area contributed by atoms with Crippen LogP contribution in [-0.4, -0.2) is 38.0 Å². The van der Waals surface area contributed by atoms with E-state index in [0.717, 1.165) is 11.8 Å². The lowest BCUT2D eigenvalue weighted by Crippen LogP contribution is -2.21. The minimum Gasteiger partial charge on any atom is -0.486 e. The predicted molar refractivity (Wildman–Crippen MR) is 80.3 cm³/mol. The number of nitrogens with one attached hydrogen (secondary N) is 1. The first-order valence-electron chi connectivity index (χ1n) is 6.50. The lowest BCUT2D eigenvalue weighted by Gasteiger charge is -2.11. The van der Waals surface area contributed by atoms with E-state index in [2.05, 4.69) is 5.32 Å². The van der Waals surface area contributed by atoms with Crippen LogP contribution in [0.15, 0.2) is 18.2 Å². The molecule has 1 aromatic rings. The van der Waals surface area contributed by atoms with Gasteiger partial charge in [0.1, 0.15) is 6.61 Å². The van der Waals surface area contributed by atoms with Crippen molar-refractivity contribution in [1.82, 2.24) is 5.32 Å². The van der Waals surface area contributed by atoms with Gasteiger partial charge in [-0.3, -0.25) is 10.1 Å². The third-order valence-corrected chi connectivity index (χ3v) is 3.56.